The highest BCUT2D eigenvalue weighted by atomic mass is 32.2. The van der Waals surface area contributed by atoms with E-state index in [1.54, 1.807) is 18.9 Å². The summed E-state index contributed by atoms with van der Waals surface area (Å²) >= 11 is 1.81. The molecule has 24 heavy (non-hydrogen) atoms. The average molecular weight is 349 g/mol. The Morgan fingerprint density at radius 2 is 1.96 bits per heavy atom. The van der Waals surface area contributed by atoms with Gasteiger partial charge in [0.05, 0.1) is 11.9 Å². The van der Waals surface area contributed by atoms with Gasteiger partial charge < -0.3 is 15.0 Å². The van der Waals surface area contributed by atoms with E-state index in [0.717, 1.165) is 31.6 Å². The molecule has 2 fully saturated rings. The summed E-state index contributed by atoms with van der Waals surface area (Å²) in [7, 11) is 1.79. The van der Waals surface area contributed by atoms with Crippen molar-refractivity contribution in [1.82, 2.24) is 0 Å². The highest BCUT2D eigenvalue weighted by molar-refractivity contribution is 8.00. The first kappa shape index (κ1) is 17.6. The molecule has 3 rings (SSSR count). The lowest BCUT2D eigenvalue weighted by Crippen LogP contribution is -2.39. The van der Waals surface area contributed by atoms with Gasteiger partial charge in [-0.25, -0.2) is 0 Å². The number of piperidine rings is 1. The van der Waals surface area contributed by atoms with Crippen molar-refractivity contribution < 1.29 is 9.53 Å². The van der Waals surface area contributed by atoms with Gasteiger partial charge in [0, 0.05) is 36.8 Å². The molecule has 1 aliphatic carbocycles. The van der Waals surface area contributed by atoms with E-state index in [2.05, 4.69) is 22.3 Å². The van der Waals surface area contributed by atoms with E-state index in [9.17, 15) is 4.79 Å². The number of hydrogen-bond acceptors (Lipinski definition) is 4. The molecule has 1 amide bonds. The Kier molecular flexibility index (Phi) is 6.44. The molecule has 132 valence electrons. The van der Waals surface area contributed by atoms with E-state index >= 15 is 0 Å². The largest absolute Gasteiger partial charge is 0.380 e. The third-order valence-electron chi connectivity index (χ3n) is 4.98. The first-order valence-corrected chi connectivity index (χ1v) is 10.1. The highest BCUT2D eigenvalue weighted by Crippen LogP contribution is 2.29. The average Bonchev–Trinajstić information content (AvgIpc) is 3.14. The molecule has 1 aromatic carbocycles. The lowest BCUT2D eigenvalue weighted by molar-refractivity contribution is -0.113. The standard InChI is InChI=1S/C19H28N2O2S/c1-23-17-5-4-12-21(13-17)16-10-8-15(9-11-16)20-19(22)14-24-18-6-2-3-7-18/h8-11,17-18H,2-7,12-14H2,1H3,(H,20,22). The Bertz CT molecular complexity index is 529. The van der Waals surface area contributed by atoms with Crippen molar-refractivity contribution in [2.75, 3.05) is 36.2 Å². The molecule has 1 heterocycles. The van der Waals surface area contributed by atoms with Crippen LogP contribution in [-0.2, 0) is 9.53 Å². The van der Waals surface area contributed by atoms with Gasteiger partial charge in [0.1, 0.15) is 0 Å². The van der Waals surface area contributed by atoms with Crippen LogP contribution < -0.4 is 10.2 Å². The molecule has 1 N–H and O–H groups in total. The number of benzene rings is 1. The summed E-state index contributed by atoms with van der Waals surface area (Å²) in [5, 5.41) is 3.70. The van der Waals surface area contributed by atoms with Gasteiger partial charge in [0.15, 0.2) is 0 Å². The summed E-state index contributed by atoms with van der Waals surface area (Å²) in [6.07, 6.45) is 7.80. The van der Waals surface area contributed by atoms with Crippen molar-refractivity contribution in [3.8, 4) is 0 Å². The molecular formula is C19H28N2O2S. The van der Waals surface area contributed by atoms with Crippen molar-refractivity contribution in [1.29, 1.82) is 0 Å². The first-order chi connectivity index (χ1) is 11.7. The summed E-state index contributed by atoms with van der Waals surface area (Å²) in [6.45, 7) is 2.02. The number of carbonyl (C=O) groups is 1. The Morgan fingerprint density at radius 1 is 1.21 bits per heavy atom. The number of thioether (sulfide) groups is 1. The molecule has 0 radical (unpaired) electrons. The molecule has 1 unspecified atom stereocenters. The molecule has 0 bridgehead atoms. The number of ether oxygens (including phenoxy) is 1. The molecule has 1 aromatic rings. The third kappa shape index (κ3) is 4.90. The molecule has 1 saturated heterocycles. The van der Waals surface area contributed by atoms with Crippen LogP contribution in [0.25, 0.3) is 0 Å². The molecule has 1 atom stereocenters. The minimum atomic E-state index is 0.108. The number of anilines is 2. The molecule has 2 aliphatic rings. The van der Waals surface area contributed by atoms with E-state index in [-0.39, 0.29) is 5.91 Å². The normalized spacial score (nSPS) is 21.9. The molecule has 0 aromatic heterocycles. The van der Waals surface area contributed by atoms with Gasteiger partial charge in [0.2, 0.25) is 5.91 Å². The minimum absolute atomic E-state index is 0.108. The van der Waals surface area contributed by atoms with Crippen molar-refractivity contribution in [3.05, 3.63) is 24.3 Å². The first-order valence-electron chi connectivity index (χ1n) is 9.04. The van der Waals surface area contributed by atoms with Crippen LogP contribution in [0.1, 0.15) is 38.5 Å². The summed E-state index contributed by atoms with van der Waals surface area (Å²) in [5.74, 6) is 0.672. The monoisotopic (exact) mass is 348 g/mol. The highest BCUT2D eigenvalue weighted by Gasteiger charge is 2.20. The van der Waals surface area contributed by atoms with Crippen LogP contribution in [-0.4, -0.2) is 43.2 Å². The Balaban J connectivity index is 1.47. The zero-order chi connectivity index (χ0) is 16.8. The Hall–Kier alpha value is -1.20. The van der Waals surface area contributed by atoms with Crippen LogP contribution in [0.3, 0.4) is 0 Å². The van der Waals surface area contributed by atoms with E-state index in [1.807, 2.05) is 12.1 Å². The molecule has 0 spiro atoms. The van der Waals surface area contributed by atoms with Crippen molar-refractivity contribution in [3.63, 3.8) is 0 Å². The summed E-state index contributed by atoms with van der Waals surface area (Å²) < 4.78 is 5.49. The van der Waals surface area contributed by atoms with Crippen LogP contribution in [0.5, 0.6) is 0 Å². The van der Waals surface area contributed by atoms with Crippen molar-refractivity contribution in [2.45, 2.75) is 49.9 Å². The molecule has 1 aliphatic heterocycles. The van der Waals surface area contributed by atoms with Gasteiger partial charge in [-0.3, -0.25) is 4.79 Å². The predicted molar refractivity (Wildman–Crippen MR) is 102 cm³/mol. The second-order valence-electron chi connectivity index (χ2n) is 6.76. The van der Waals surface area contributed by atoms with Crippen LogP contribution >= 0.6 is 11.8 Å². The number of hydrogen-bond donors (Lipinski definition) is 1. The van der Waals surface area contributed by atoms with Crippen molar-refractivity contribution >= 4 is 29.0 Å². The summed E-state index contributed by atoms with van der Waals surface area (Å²) in [5.41, 5.74) is 2.09. The quantitative estimate of drug-likeness (QED) is 0.846. The van der Waals surface area contributed by atoms with Gasteiger partial charge in [-0.05, 0) is 49.9 Å². The second-order valence-corrected chi connectivity index (χ2v) is 8.05. The van der Waals surface area contributed by atoms with E-state index in [0.29, 0.717) is 17.1 Å². The smallest absolute Gasteiger partial charge is 0.234 e. The number of rotatable bonds is 6. The van der Waals surface area contributed by atoms with Crippen LogP contribution in [0, 0.1) is 0 Å². The number of nitrogens with zero attached hydrogens (tertiary/aromatic N) is 1. The zero-order valence-corrected chi connectivity index (χ0v) is 15.3. The van der Waals surface area contributed by atoms with Gasteiger partial charge in [-0.2, -0.15) is 0 Å². The maximum Gasteiger partial charge on any atom is 0.234 e. The number of carbonyl (C=O) groups excluding carboxylic acids is 1. The Morgan fingerprint density at radius 3 is 2.67 bits per heavy atom. The van der Waals surface area contributed by atoms with E-state index < -0.39 is 0 Å². The summed E-state index contributed by atoms with van der Waals surface area (Å²) in [6, 6.07) is 8.20. The molecule has 5 heteroatoms. The number of nitrogens with one attached hydrogen (secondary N) is 1. The van der Waals surface area contributed by atoms with Gasteiger partial charge in [-0.15, -0.1) is 11.8 Å². The molecule has 1 saturated carbocycles. The van der Waals surface area contributed by atoms with Crippen LogP contribution in [0.4, 0.5) is 11.4 Å². The van der Waals surface area contributed by atoms with E-state index in [1.165, 1.54) is 31.4 Å². The minimum Gasteiger partial charge on any atom is -0.380 e. The maximum atomic E-state index is 12.1. The van der Waals surface area contributed by atoms with Crippen LogP contribution in [0.15, 0.2) is 24.3 Å². The fourth-order valence-electron chi connectivity index (χ4n) is 3.57. The predicted octanol–water partition coefficient (Wildman–Crippen LogP) is 3.92. The van der Waals surface area contributed by atoms with Gasteiger partial charge in [-0.1, -0.05) is 12.8 Å². The fourth-order valence-corrected chi connectivity index (χ4v) is 4.69. The Labute approximate surface area is 149 Å². The van der Waals surface area contributed by atoms with Crippen molar-refractivity contribution in [2.24, 2.45) is 0 Å². The lowest BCUT2D eigenvalue weighted by atomic mass is 10.1. The third-order valence-corrected chi connectivity index (χ3v) is 6.35. The van der Waals surface area contributed by atoms with Gasteiger partial charge in [0.25, 0.3) is 0 Å². The number of amides is 1. The zero-order valence-electron chi connectivity index (χ0n) is 14.5. The van der Waals surface area contributed by atoms with E-state index in [4.69, 9.17) is 4.74 Å². The molecule has 4 nitrogen and oxygen atoms in total. The second kappa shape index (κ2) is 8.77. The van der Waals surface area contributed by atoms with Crippen LogP contribution in [0.2, 0.25) is 0 Å². The lowest BCUT2D eigenvalue weighted by Gasteiger charge is -2.33. The molecular weight excluding hydrogens is 320 g/mol. The van der Waals surface area contributed by atoms with Gasteiger partial charge >= 0.3 is 0 Å². The number of methoxy groups -OCH3 is 1. The fraction of sp³-hybridized carbons (Fsp3) is 0.632. The maximum absolute atomic E-state index is 12.1. The SMILES string of the molecule is COC1CCCN(c2ccc(NC(=O)CSC3CCCC3)cc2)C1. The topological polar surface area (TPSA) is 41.6 Å². The summed E-state index contributed by atoms with van der Waals surface area (Å²) in [4.78, 5) is 14.4.